The van der Waals surface area contributed by atoms with Crippen LogP contribution in [-0.4, -0.2) is 10.7 Å². The standard InChI is InChI=1S/C16H20O/c1-14(2)8-12-9-15(12,13-10-16(13,14)17)11-6-4-3-5-7-11/h3-7,12-13,17H,8-10H2,1-2H3. The van der Waals surface area contributed by atoms with Gasteiger partial charge < -0.3 is 5.11 Å². The molecule has 3 saturated carbocycles. The molecule has 17 heavy (non-hydrogen) atoms. The summed E-state index contributed by atoms with van der Waals surface area (Å²) in [6.07, 6.45) is 3.51. The van der Waals surface area contributed by atoms with Gasteiger partial charge in [-0.2, -0.15) is 0 Å². The van der Waals surface area contributed by atoms with Gasteiger partial charge in [-0.25, -0.2) is 0 Å². The Morgan fingerprint density at radius 2 is 1.76 bits per heavy atom. The first-order chi connectivity index (χ1) is 8.01. The SMILES string of the molecule is CC1(C)CC2CC2(c2ccccc2)C2CC21O. The summed E-state index contributed by atoms with van der Waals surface area (Å²) in [6.45, 7) is 4.50. The van der Waals surface area contributed by atoms with Gasteiger partial charge in [0.2, 0.25) is 0 Å². The first-order valence-electron chi connectivity index (χ1n) is 6.79. The van der Waals surface area contributed by atoms with E-state index in [1.165, 1.54) is 18.4 Å². The van der Waals surface area contributed by atoms with E-state index in [2.05, 4.69) is 44.2 Å². The molecule has 4 rings (SSSR count). The maximum absolute atomic E-state index is 10.8. The van der Waals surface area contributed by atoms with Crippen molar-refractivity contribution in [3.63, 3.8) is 0 Å². The van der Waals surface area contributed by atoms with Crippen molar-refractivity contribution in [1.29, 1.82) is 0 Å². The van der Waals surface area contributed by atoms with E-state index in [1.807, 2.05) is 0 Å². The van der Waals surface area contributed by atoms with E-state index in [0.717, 1.165) is 12.3 Å². The molecule has 0 amide bonds. The highest BCUT2D eigenvalue weighted by atomic mass is 16.3. The third kappa shape index (κ3) is 1.01. The zero-order chi connectivity index (χ0) is 11.9. The van der Waals surface area contributed by atoms with Crippen LogP contribution in [0, 0.1) is 17.3 Å². The van der Waals surface area contributed by atoms with Crippen LogP contribution >= 0.6 is 0 Å². The summed E-state index contributed by atoms with van der Waals surface area (Å²) < 4.78 is 0. The molecule has 3 fully saturated rings. The molecule has 1 nitrogen and oxygen atoms in total. The number of benzene rings is 1. The van der Waals surface area contributed by atoms with Crippen molar-refractivity contribution < 1.29 is 5.11 Å². The van der Waals surface area contributed by atoms with Crippen LogP contribution in [0.1, 0.15) is 38.7 Å². The molecule has 0 heterocycles. The molecule has 0 aromatic heterocycles. The van der Waals surface area contributed by atoms with Crippen molar-refractivity contribution in [2.45, 2.75) is 44.1 Å². The Balaban J connectivity index is 1.77. The smallest absolute Gasteiger partial charge is 0.0740 e. The molecular formula is C16H20O. The van der Waals surface area contributed by atoms with E-state index in [9.17, 15) is 5.11 Å². The fourth-order valence-electron chi connectivity index (χ4n) is 4.73. The highest BCUT2D eigenvalue weighted by molar-refractivity contribution is 5.43. The zero-order valence-electron chi connectivity index (χ0n) is 10.6. The van der Waals surface area contributed by atoms with E-state index in [0.29, 0.717) is 11.3 Å². The van der Waals surface area contributed by atoms with Crippen molar-refractivity contribution in [1.82, 2.24) is 0 Å². The summed E-state index contributed by atoms with van der Waals surface area (Å²) in [5.41, 5.74) is 1.56. The first-order valence-corrected chi connectivity index (χ1v) is 6.79. The quantitative estimate of drug-likeness (QED) is 0.783. The number of hydrogen-bond donors (Lipinski definition) is 1. The second kappa shape index (κ2) is 2.61. The van der Waals surface area contributed by atoms with E-state index in [-0.39, 0.29) is 11.0 Å². The van der Waals surface area contributed by atoms with Gasteiger partial charge in [0.1, 0.15) is 0 Å². The minimum atomic E-state index is -0.379. The van der Waals surface area contributed by atoms with E-state index in [4.69, 9.17) is 0 Å². The van der Waals surface area contributed by atoms with Crippen molar-refractivity contribution in [2.75, 3.05) is 0 Å². The Kier molecular flexibility index (Phi) is 1.56. The second-order valence-electron chi connectivity index (χ2n) is 7.08. The lowest BCUT2D eigenvalue weighted by molar-refractivity contribution is -0.0221. The minimum Gasteiger partial charge on any atom is -0.389 e. The summed E-state index contributed by atoms with van der Waals surface area (Å²) >= 11 is 0. The van der Waals surface area contributed by atoms with E-state index < -0.39 is 0 Å². The summed E-state index contributed by atoms with van der Waals surface area (Å²) in [7, 11) is 0. The largest absolute Gasteiger partial charge is 0.389 e. The monoisotopic (exact) mass is 228 g/mol. The highest BCUT2D eigenvalue weighted by Gasteiger charge is 2.80. The van der Waals surface area contributed by atoms with Gasteiger partial charge in [-0.3, -0.25) is 0 Å². The van der Waals surface area contributed by atoms with Gasteiger partial charge in [-0.1, -0.05) is 44.2 Å². The molecule has 4 atom stereocenters. The number of rotatable bonds is 1. The topological polar surface area (TPSA) is 20.2 Å². The maximum atomic E-state index is 10.8. The fraction of sp³-hybridized carbons (Fsp3) is 0.625. The average Bonchev–Trinajstić information content (AvgIpc) is 3.15. The molecule has 1 aromatic carbocycles. The molecule has 0 spiro atoms. The molecule has 0 saturated heterocycles. The normalized spacial score (nSPS) is 49.1. The molecule has 1 heteroatoms. The molecule has 0 radical (unpaired) electrons. The Morgan fingerprint density at radius 1 is 1.06 bits per heavy atom. The second-order valence-corrected chi connectivity index (χ2v) is 7.08. The molecule has 3 aliphatic carbocycles. The molecule has 1 aromatic rings. The average molecular weight is 228 g/mol. The van der Waals surface area contributed by atoms with Crippen LogP contribution in [0.25, 0.3) is 0 Å². The first kappa shape index (κ1) is 10.1. The van der Waals surface area contributed by atoms with Crippen LogP contribution in [-0.2, 0) is 5.41 Å². The lowest BCUT2D eigenvalue weighted by Gasteiger charge is -2.39. The minimum absolute atomic E-state index is 0.122. The van der Waals surface area contributed by atoms with Crippen LogP contribution in [0.4, 0.5) is 0 Å². The Bertz CT molecular complexity index is 478. The molecule has 1 N–H and O–H groups in total. The Hall–Kier alpha value is -0.820. The van der Waals surface area contributed by atoms with Crippen LogP contribution < -0.4 is 0 Å². The van der Waals surface area contributed by atoms with Gasteiger partial charge >= 0.3 is 0 Å². The molecule has 3 aliphatic rings. The zero-order valence-corrected chi connectivity index (χ0v) is 10.6. The van der Waals surface area contributed by atoms with Gasteiger partial charge in [0.05, 0.1) is 5.60 Å². The summed E-state index contributed by atoms with van der Waals surface area (Å²) in [4.78, 5) is 0. The number of aliphatic hydroxyl groups is 1. The molecule has 4 unspecified atom stereocenters. The van der Waals surface area contributed by atoms with E-state index >= 15 is 0 Å². The van der Waals surface area contributed by atoms with Crippen molar-refractivity contribution in [3.05, 3.63) is 35.9 Å². The predicted octanol–water partition coefficient (Wildman–Crippen LogP) is 3.13. The van der Waals surface area contributed by atoms with Gasteiger partial charge in [-0.15, -0.1) is 0 Å². The number of fused-ring (bicyclic) bond motifs is 3. The van der Waals surface area contributed by atoms with Crippen LogP contribution in [0.15, 0.2) is 30.3 Å². The van der Waals surface area contributed by atoms with Crippen molar-refractivity contribution in [3.8, 4) is 0 Å². The summed E-state index contributed by atoms with van der Waals surface area (Å²) in [5.74, 6) is 1.33. The summed E-state index contributed by atoms with van der Waals surface area (Å²) in [5, 5.41) is 10.8. The van der Waals surface area contributed by atoms with Gasteiger partial charge in [-0.05, 0) is 36.2 Å². The lowest BCUT2D eigenvalue weighted by atomic mass is 9.69. The molecule has 0 aliphatic heterocycles. The van der Waals surface area contributed by atoms with Gasteiger partial charge in [0, 0.05) is 11.3 Å². The highest BCUT2D eigenvalue weighted by Crippen LogP contribution is 2.79. The molecule has 90 valence electrons. The summed E-state index contributed by atoms with van der Waals surface area (Å²) in [6, 6.07) is 10.9. The third-order valence-electron chi connectivity index (χ3n) is 5.95. The molecular weight excluding hydrogens is 208 g/mol. The fourth-order valence-corrected chi connectivity index (χ4v) is 4.73. The lowest BCUT2D eigenvalue weighted by Crippen LogP contribution is -2.41. The Labute approximate surface area is 103 Å². The number of hydrogen-bond acceptors (Lipinski definition) is 1. The van der Waals surface area contributed by atoms with Gasteiger partial charge in [0.25, 0.3) is 0 Å². The molecule has 0 bridgehead atoms. The van der Waals surface area contributed by atoms with E-state index in [1.54, 1.807) is 0 Å². The predicted molar refractivity (Wildman–Crippen MR) is 67.7 cm³/mol. The maximum Gasteiger partial charge on any atom is 0.0740 e. The van der Waals surface area contributed by atoms with Crippen LogP contribution in [0.3, 0.4) is 0 Å². The third-order valence-corrected chi connectivity index (χ3v) is 5.95. The van der Waals surface area contributed by atoms with Crippen LogP contribution in [0.2, 0.25) is 0 Å². The van der Waals surface area contributed by atoms with Gasteiger partial charge in [0.15, 0.2) is 0 Å². The van der Waals surface area contributed by atoms with Crippen LogP contribution in [0.5, 0.6) is 0 Å². The van der Waals surface area contributed by atoms with Crippen molar-refractivity contribution >= 4 is 0 Å². The Morgan fingerprint density at radius 3 is 2.47 bits per heavy atom. The van der Waals surface area contributed by atoms with Crippen molar-refractivity contribution in [2.24, 2.45) is 17.3 Å².